The molecular formula is C22H24N2O4S. The normalized spacial score (nSPS) is 16.6. The largest absolute Gasteiger partial charge is 0.467 e. The van der Waals surface area contributed by atoms with Crippen LogP contribution in [0.2, 0.25) is 0 Å². The summed E-state index contributed by atoms with van der Waals surface area (Å²) in [5.74, 6) is -1.10. The van der Waals surface area contributed by atoms with Crippen molar-refractivity contribution >= 4 is 35.0 Å². The maximum atomic E-state index is 12.7. The van der Waals surface area contributed by atoms with Crippen molar-refractivity contribution in [1.82, 2.24) is 9.47 Å². The molecule has 0 spiro atoms. The highest BCUT2D eigenvalue weighted by Gasteiger charge is 2.41. The third kappa shape index (κ3) is 3.87. The number of aryl methyl sites for hydroxylation is 3. The first kappa shape index (κ1) is 20.9. The lowest BCUT2D eigenvalue weighted by atomic mass is 10.1. The summed E-state index contributed by atoms with van der Waals surface area (Å²) in [6.07, 6.45) is 1.72. The minimum absolute atomic E-state index is 0.298. The molecule has 0 bridgehead atoms. The predicted octanol–water partition coefficient (Wildman–Crippen LogP) is 4.31. The van der Waals surface area contributed by atoms with Gasteiger partial charge in [0.15, 0.2) is 0 Å². The number of methoxy groups -OCH3 is 1. The van der Waals surface area contributed by atoms with Gasteiger partial charge in [-0.1, -0.05) is 6.07 Å². The maximum absolute atomic E-state index is 12.7. The first-order valence-corrected chi connectivity index (χ1v) is 10.1. The molecule has 1 aliphatic rings. The molecule has 6 nitrogen and oxygen atoms in total. The fourth-order valence-electron chi connectivity index (χ4n) is 3.64. The summed E-state index contributed by atoms with van der Waals surface area (Å²) in [5.41, 5.74) is 6.27. The molecule has 2 amide bonds. The summed E-state index contributed by atoms with van der Waals surface area (Å²) >= 11 is 0.839. The summed E-state index contributed by atoms with van der Waals surface area (Å²) in [7, 11) is 1.23. The molecule has 0 aliphatic carbocycles. The lowest BCUT2D eigenvalue weighted by molar-refractivity contribution is -0.148. The highest BCUT2D eigenvalue weighted by Crippen LogP contribution is 2.35. The van der Waals surface area contributed by atoms with Crippen LogP contribution in [0.4, 0.5) is 4.79 Å². The number of amides is 2. The average Bonchev–Trinajstić information content (AvgIpc) is 3.08. The van der Waals surface area contributed by atoms with Crippen molar-refractivity contribution in [2.45, 2.75) is 40.7 Å². The number of hydrogen-bond acceptors (Lipinski definition) is 5. The van der Waals surface area contributed by atoms with E-state index in [1.165, 1.54) is 25.2 Å². The van der Waals surface area contributed by atoms with Gasteiger partial charge in [0.2, 0.25) is 0 Å². The quantitative estimate of drug-likeness (QED) is 0.553. The van der Waals surface area contributed by atoms with E-state index in [9.17, 15) is 14.4 Å². The highest BCUT2D eigenvalue weighted by atomic mass is 32.2. The van der Waals surface area contributed by atoms with Crippen LogP contribution in [0.5, 0.6) is 0 Å². The molecule has 29 heavy (non-hydrogen) atoms. The second-order valence-electron chi connectivity index (χ2n) is 7.26. The molecule has 0 radical (unpaired) electrons. The van der Waals surface area contributed by atoms with Gasteiger partial charge in [-0.3, -0.25) is 14.5 Å². The number of carbonyl (C=O) groups is 3. The van der Waals surface area contributed by atoms with Crippen molar-refractivity contribution in [3.8, 4) is 5.69 Å². The highest BCUT2D eigenvalue weighted by molar-refractivity contribution is 8.18. The van der Waals surface area contributed by atoms with Gasteiger partial charge in [0.05, 0.1) is 12.0 Å². The van der Waals surface area contributed by atoms with Gasteiger partial charge < -0.3 is 9.30 Å². The Balaban J connectivity index is 1.99. The number of esters is 1. The number of ether oxygens (including phenoxy) is 1. The summed E-state index contributed by atoms with van der Waals surface area (Å²) in [5, 5.41) is -0.470. The molecule has 0 unspecified atom stereocenters. The van der Waals surface area contributed by atoms with E-state index in [0.717, 1.165) is 39.3 Å². The van der Waals surface area contributed by atoms with Crippen LogP contribution in [-0.2, 0) is 14.3 Å². The smallest absolute Gasteiger partial charge is 0.328 e. The molecule has 1 saturated heterocycles. The van der Waals surface area contributed by atoms with E-state index >= 15 is 0 Å². The maximum Gasteiger partial charge on any atom is 0.328 e. The van der Waals surface area contributed by atoms with E-state index in [1.54, 1.807) is 6.08 Å². The molecular weight excluding hydrogens is 388 g/mol. The van der Waals surface area contributed by atoms with E-state index < -0.39 is 23.2 Å². The molecule has 1 aromatic heterocycles. The molecule has 7 heteroatoms. The summed E-state index contributed by atoms with van der Waals surface area (Å²) in [4.78, 5) is 38.1. The number of rotatable bonds is 4. The molecule has 3 rings (SSSR count). The lowest BCUT2D eigenvalue weighted by Crippen LogP contribution is -2.42. The van der Waals surface area contributed by atoms with Crippen molar-refractivity contribution in [1.29, 1.82) is 0 Å². The van der Waals surface area contributed by atoms with Gasteiger partial charge >= 0.3 is 5.97 Å². The van der Waals surface area contributed by atoms with Crippen LogP contribution >= 0.6 is 11.8 Å². The van der Waals surface area contributed by atoms with Crippen molar-refractivity contribution < 1.29 is 19.1 Å². The zero-order chi connectivity index (χ0) is 21.5. The van der Waals surface area contributed by atoms with Gasteiger partial charge in [0, 0.05) is 17.1 Å². The molecule has 1 aliphatic heterocycles. The van der Waals surface area contributed by atoms with Gasteiger partial charge in [-0.2, -0.15) is 0 Å². The van der Waals surface area contributed by atoms with Crippen LogP contribution in [0, 0.1) is 27.7 Å². The Morgan fingerprint density at radius 3 is 2.28 bits per heavy atom. The number of carbonyl (C=O) groups excluding carboxylic acids is 3. The Morgan fingerprint density at radius 2 is 1.69 bits per heavy atom. The van der Waals surface area contributed by atoms with Crippen molar-refractivity contribution in [2.75, 3.05) is 7.11 Å². The molecule has 1 atom stereocenters. The Kier molecular flexibility index (Phi) is 5.71. The second-order valence-corrected chi connectivity index (χ2v) is 8.25. The molecule has 1 fully saturated rings. The number of thioether (sulfide) groups is 1. The Hall–Kier alpha value is -2.80. The molecule has 0 saturated carbocycles. The molecule has 152 valence electrons. The van der Waals surface area contributed by atoms with Crippen LogP contribution in [0.1, 0.15) is 35.0 Å². The number of aromatic nitrogens is 1. The Labute approximate surface area is 174 Å². The van der Waals surface area contributed by atoms with Gasteiger partial charge in [-0.15, -0.1) is 0 Å². The van der Waals surface area contributed by atoms with Gasteiger partial charge in [-0.05, 0) is 87.3 Å². The summed E-state index contributed by atoms with van der Waals surface area (Å²) in [6.45, 7) is 9.59. The zero-order valence-corrected chi connectivity index (χ0v) is 18.2. The van der Waals surface area contributed by atoms with Gasteiger partial charge in [0.25, 0.3) is 11.1 Å². The summed E-state index contributed by atoms with van der Waals surface area (Å²) < 4.78 is 6.80. The number of imide groups is 1. The van der Waals surface area contributed by atoms with Crippen molar-refractivity contribution in [3.63, 3.8) is 0 Å². The van der Waals surface area contributed by atoms with Crippen LogP contribution in [0.15, 0.2) is 29.2 Å². The average molecular weight is 413 g/mol. The standard InChI is InChI=1S/C22H24N2O4S/c1-12-7-13(2)9-18(8-12)23-14(3)10-17(15(23)4)11-19-20(25)24(22(27)29-19)16(5)21(26)28-6/h7-11,16H,1-6H3/b19-11+/t16-/m1/s1. The first-order valence-electron chi connectivity index (χ1n) is 9.26. The number of benzene rings is 1. The van der Waals surface area contributed by atoms with Crippen molar-refractivity contribution in [3.05, 3.63) is 57.2 Å². The monoisotopic (exact) mass is 412 g/mol. The topological polar surface area (TPSA) is 68.6 Å². The minimum atomic E-state index is -0.957. The number of hydrogen-bond donors (Lipinski definition) is 0. The third-order valence-corrected chi connectivity index (χ3v) is 5.86. The third-order valence-electron chi connectivity index (χ3n) is 4.97. The Bertz CT molecular complexity index is 1030. The molecule has 0 N–H and O–H groups in total. The van der Waals surface area contributed by atoms with E-state index in [4.69, 9.17) is 0 Å². The molecule has 2 heterocycles. The van der Waals surface area contributed by atoms with Crippen LogP contribution in [0.25, 0.3) is 11.8 Å². The SMILES string of the molecule is COC(=O)[C@@H](C)N1C(=O)S/C(=C/c2cc(C)n(-c3cc(C)cc(C)c3)c2C)C1=O. The van der Waals surface area contributed by atoms with E-state index in [2.05, 4.69) is 41.4 Å². The van der Waals surface area contributed by atoms with E-state index in [0.29, 0.717) is 4.91 Å². The lowest BCUT2D eigenvalue weighted by Gasteiger charge is -2.18. The number of nitrogens with zero attached hydrogens (tertiary/aromatic N) is 2. The second kappa shape index (κ2) is 7.91. The van der Waals surface area contributed by atoms with Crippen LogP contribution in [0.3, 0.4) is 0 Å². The fraction of sp³-hybridized carbons (Fsp3) is 0.318. The van der Waals surface area contributed by atoms with E-state index in [-0.39, 0.29) is 0 Å². The first-order chi connectivity index (χ1) is 13.6. The van der Waals surface area contributed by atoms with Gasteiger partial charge in [-0.25, -0.2) is 4.79 Å². The van der Waals surface area contributed by atoms with Crippen LogP contribution in [-0.4, -0.2) is 39.7 Å². The molecule has 1 aromatic carbocycles. The zero-order valence-electron chi connectivity index (χ0n) is 17.4. The minimum Gasteiger partial charge on any atom is -0.467 e. The molecule has 2 aromatic rings. The van der Waals surface area contributed by atoms with Crippen molar-refractivity contribution in [2.24, 2.45) is 0 Å². The Morgan fingerprint density at radius 1 is 1.07 bits per heavy atom. The summed E-state index contributed by atoms with van der Waals surface area (Å²) in [6, 6.07) is 7.38. The predicted molar refractivity (Wildman–Crippen MR) is 114 cm³/mol. The van der Waals surface area contributed by atoms with Gasteiger partial charge in [0.1, 0.15) is 6.04 Å². The fourth-order valence-corrected chi connectivity index (χ4v) is 4.54. The van der Waals surface area contributed by atoms with Crippen LogP contribution < -0.4 is 0 Å². The van der Waals surface area contributed by atoms with E-state index in [1.807, 2.05) is 19.9 Å².